The lowest BCUT2D eigenvalue weighted by Crippen LogP contribution is -2.42. The summed E-state index contributed by atoms with van der Waals surface area (Å²) in [6.45, 7) is 0. The maximum absolute atomic E-state index is 12.2. The van der Waals surface area contributed by atoms with Crippen LogP contribution in [0.4, 0.5) is 0 Å². The number of furan rings is 1. The van der Waals surface area contributed by atoms with Gasteiger partial charge in [-0.05, 0) is 30.3 Å². The highest BCUT2D eigenvalue weighted by Crippen LogP contribution is 2.28. The van der Waals surface area contributed by atoms with Crippen molar-refractivity contribution in [2.75, 3.05) is 5.75 Å². The third-order valence-electron chi connectivity index (χ3n) is 4.00. The summed E-state index contributed by atoms with van der Waals surface area (Å²) in [6.07, 6.45) is 1.56. The van der Waals surface area contributed by atoms with Gasteiger partial charge in [0.15, 0.2) is 11.6 Å². The first-order valence-corrected chi connectivity index (χ1v) is 9.77. The number of hydrogen-bond acceptors (Lipinski definition) is 6. The highest BCUT2D eigenvalue weighted by Gasteiger charge is 2.13. The summed E-state index contributed by atoms with van der Waals surface area (Å²) in [5.41, 5.74) is 6.05. The molecule has 0 fully saturated rings. The molecule has 144 valence electrons. The van der Waals surface area contributed by atoms with Crippen molar-refractivity contribution in [2.24, 2.45) is 0 Å². The van der Waals surface area contributed by atoms with Gasteiger partial charge in [0, 0.05) is 10.9 Å². The van der Waals surface area contributed by atoms with Crippen molar-refractivity contribution in [1.29, 1.82) is 0 Å². The van der Waals surface area contributed by atoms with Gasteiger partial charge < -0.3 is 4.42 Å². The minimum Gasteiger partial charge on any atom is -0.461 e. The number of nitrogens with zero attached hydrogens (tertiary/aromatic N) is 2. The molecule has 0 radical (unpaired) electrons. The number of carbonyl (C=O) groups excluding carboxylic acids is 2. The van der Waals surface area contributed by atoms with E-state index in [1.54, 1.807) is 42.7 Å². The second-order valence-electron chi connectivity index (χ2n) is 6.00. The first-order chi connectivity index (χ1) is 14.2. The van der Waals surface area contributed by atoms with E-state index >= 15 is 0 Å². The first-order valence-electron chi connectivity index (χ1n) is 8.78. The maximum atomic E-state index is 12.2. The molecule has 2 heterocycles. The molecule has 0 spiro atoms. The molecule has 2 aromatic carbocycles. The molecule has 0 atom stereocenters. The molecule has 0 aliphatic heterocycles. The Bertz CT molecular complexity index is 1150. The van der Waals surface area contributed by atoms with Crippen LogP contribution < -0.4 is 10.9 Å². The van der Waals surface area contributed by atoms with Gasteiger partial charge in [0.2, 0.25) is 5.91 Å². The third kappa shape index (κ3) is 4.44. The molecule has 4 rings (SSSR count). The number of nitrogens with one attached hydrogen (secondary N) is 2. The number of para-hydroxylation sites is 1. The number of thioether (sulfide) groups is 1. The number of carbonyl (C=O) groups is 2. The molecule has 2 amide bonds. The van der Waals surface area contributed by atoms with Crippen molar-refractivity contribution in [3.8, 4) is 11.6 Å². The second kappa shape index (κ2) is 8.57. The summed E-state index contributed by atoms with van der Waals surface area (Å²) < 4.78 is 5.39. The smallest absolute Gasteiger partial charge is 0.269 e. The zero-order valence-corrected chi connectivity index (χ0v) is 16.0. The molecule has 0 aliphatic carbocycles. The SMILES string of the molecule is O=C(CSc1nc(-c2ccco2)nc2ccccc12)NNC(=O)c1ccccc1. The Morgan fingerprint density at radius 2 is 1.69 bits per heavy atom. The van der Waals surface area contributed by atoms with Gasteiger partial charge in [0.1, 0.15) is 5.03 Å². The van der Waals surface area contributed by atoms with Crippen LogP contribution in [0.1, 0.15) is 10.4 Å². The normalized spacial score (nSPS) is 10.6. The summed E-state index contributed by atoms with van der Waals surface area (Å²) in [6, 6.07) is 19.8. The second-order valence-corrected chi connectivity index (χ2v) is 6.97. The average molecular weight is 404 g/mol. The van der Waals surface area contributed by atoms with E-state index in [2.05, 4.69) is 20.8 Å². The van der Waals surface area contributed by atoms with Gasteiger partial charge in [-0.1, -0.05) is 48.2 Å². The molecule has 2 aromatic heterocycles. The number of aromatic nitrogens is 2. The Morgan fingerprint density at radius 1 is 0.897 bits per heavy atom. The molecule has 7 nitrogen and oxygen atoms in total. The molecule has 0 saturated carbocycles. The Labute approximate surface area is 170 Å². The quantitative estimate of drug-likeness (QED) is 0.300. The van der Waals surface area contributed by atoms with Gasteiger partial charge in [0.05, 0.1) is 17.5 Å². The summed E-state index contributed by atoms with van der Waals surface area (Å²) in [7, 11) is 0. The van der Waals surface area contributed by atoms with Gasteiger partial charge in [-0.25, -0.2) is 9.97 Å². The zero-order valence-electron chi connectivity index (χ0n) is 15.2. The molecule has 0 bridgehead atoms. The molecule has 0 aliphatic rings. The Kier molecular flexibility index (Phi) is 5.53. The summed E-state index contributed by atoms with van der Waals surface area (Å²) in [5.74, 6) is 0.359. The largest absolute Gasteiger partial charge is 0.461 e. The van der Waals surface area contributed by atoms with Crippen molar-refractivity contribution < 1.29 is 14.0 Å². The predicted octanol–water partition coefficient (Wildman–Crippen LogP) is 3.44. The van der Waals surface area contributed by atoms with E-state index in [-0.39, 0.29) is 17.6 Å². The van der Waals surface area contributed by atoms with Gasteiger partial charge >= 0.3 is 0 Å². The Morgan fingerprint density at radius 3 is 2.48 bits per heavy atom. The van der Waals surface area contributed by atoms with E-state index in [9.17, 15) is 9.59 Å². The fourth-order valence-corrected chi connectivity index (χ4v) is 3.45. The molecule has 2 N–H and O–H groups in total. The van der Waals surface area contributed by atoms with Gasteiger partial charge in [-0.15, -0.1) is 0 Å². The number of hydrogen-bond donors (Lipinski definition) is 2. The van der Waals surface area contributed by atoms with Crippen LogP contribution in [0, 0.1) is 0 Å². The number of rotatable bonds is 5. The van der Waals surface area contributed by atoms with Crippen LogP contribution in [0.15, 0.2) is 82.4 Å². The van der Waals surface area contributed by atoms with Crippen LogP contribution in [0.2, 0.25) is 0 Å². The van der Waals surface area contributed by atoms with Gasteiger partial charge in [-0.2, -0.15) is 0 Å². The molecule has 0 saturated heterocycles. The summed E-state index contributed by atoms with van der Waals surface area (Å²) in [5, 5.41) is 1.50. The highest BCUT2D eigenvalue weighted by molar-refractivity contribution is 8.00. The van der Waals surface area contributed by atoms with Crippen molar-refractivity contribution in [3.05, 3.63) is 78.6 Å². The van der Waals surface area contributed by atoms with E-state index in [1.807, 2.05) is 30.3 Å². The maximum Gasteiger partial charge on any atom is 0.269 e. The fraction of sp³-hybridized carbons (Fsp3) is 0.0476. The van der Waals surface area contributed by atoms with E-state index < -0.39 is 0 Å². The predicted molar refractivity (Wildman–Crippen MR) is 110 cm³/mol. The van der Waals surface area contributed by atoms with E-state index in [0.717, 1.165) is 10.9 Å². The number of hydrazine groups is 1. The monoisotopic (exact) mass is 404 g/mol. The Balaban J connectivity index is 1.45. The zero-order chi connectivity index (χ0) is 20.1. The molecular weight excluding hydrogens is 388 g/mol. The Hall–Kier alpha value is -3.65. The minimum absolute atomic E-state index is 0.0771. The lowest BCUT2D eigenvalue weighted by Gasteiger charge is -2.09. The molecule has 4 aromatic rings. The van der Waals surface area contributed by atoms with Crippen molar-refractivity contribution in [1.82, 2.24) is 20.8 Å². The fourth-order valence-electron chi connectivity index (χ4n) is 2.63. The number of benzene rings is 2. The van der Waals surface area contributed by atoms with E-state index in [0.29, 0.717) is 22.2 Å². The van der Waals surface area contributed by atoms with Crippen molar-refractivity contribution in [3.63, 3.8) is 0 Å². The number of amides is 2. The van der Waals surface area contributed by atoms with Crippen molar-refractivity contribution in [2.45, 2.75) is 5.03 Å². The molecule has 8 heteroatoms. The van der Waals surface area contributed by atoms with Crippen LogP contribution in [0.25, 0.3) is 22.5 Å². The first kappa shape index (κ1) is 18.7. The summed E-state index contributed by atoms with van der Waals surface area (Å²) in [4.78, 5) is 33.3. The number of fused-ring (bicyclic) bond motifs is 1. The molecule has 29 heavy (non-hydrogen) atoms. The standard InChI is InChI=1S/C21H16N4O3S/c26-18(24-25-20(27)14-7-2-1-3-8-14)13-29-21-15-9-4-5-10-16(15)22-19(23-21)17-11-6-12-28-17/h1-12H,13H2,(H,24,26)(H,25,27). The van der Waals surface area contributed by atoms with Gasteiger partial charge in [0.25, 0.3) is 5.91 Å². The topological polar surface area (TPSA) is 97.1 Å². The van der Waals surface area contributed by atoms with Crippen LogP contribution in [-0.4, -0.2) is 27.5 Å². The highest BCUT2D eigenvalue weighted by atomic mass is 32.2. The van der Waals surface area contributed by atoms with Crippen LogP contribution >= 0.6 is 11.8 Å². The van der Waals surface area contributed by atoms with E-state index in [1.165, 1.54) is 11.8 Å². The minimum atomic E-state index is -0.378. The van der Waals surface area contributed by atoms with E-state index in [4.69, 9.17) is 4.42 Å². The summed E-state index contributed by atoms with van der Waals surface area (Å²) >= 11 is 1.26. The van der Waals surface area contributed by atoms with Gasteiger partial charge in [-0.3, -0.25) is 20.4 Å². The lowest BCUT2D eigenvalue weighted by molar-refractivity contribution is -0.119. The molecule has 0 unspecified atom stereocenters. The average Bonchev–Trinajstić information content (AvgIpc) is 3.31. The van der Waals surface area contributed by atoms with Crippen molar-refractivity contribution >= 4 is 34.5 Å². The molecular formula is C21H16N4O3S. The lowest BCUT2D eigenvalue weighted by atomic mass is 10.2. The van der Waals surface area contributed by atoms with Crippen LogP contribution in [-0.2, 0) is 4.79 Å². The van der Waals surface area contributed by atoms with Crippen LogP contribution in [0.5, 0.6) is 0 Å². The van der Waals surface area contributed by atoms with Crippen LogP contribution in [0.3, 0.4) is 0 Å². The third-order valence-corrected chi connectivity index (χ3v) is 4.99.